The summed E-state index contributed by atoms with van der Waals surface area (Å²) in [6, 6.07) is 20.7. The van der Waals surface area contributed by atoms with Crippen molar-refractivity contribution in [3.8, 4) is 5.75 Å². The molecule has 0 fully saturated rings. The van der Waals surface area contributed by atoms with E-state index in [2.05, 4.69) is 10.3 Å². The lowest BCUT2D eigenvalue weighted by atomic mass is 10.1. The number of carbonyl (C=O) groups is 2. The maximum Gasteiger partial charge on any atom is 0.274 e. The maximum absolute atomic E-state index is 13.1. The van der Waals surface area contributed by atoms with E-state index in [1.54, 1.807) is 18.3 Å². The average Bonchev–Trinajstić information content (AvgIpc) is 2.76. The van der Waals surface area contributed by atoms with Gasteiger partial charge >= 0.3 is 0 Å². The Labute approximate surface area is 169 Å². The van der Waals surface area contributed by atoms with Gasteiger partial charge in [-0.3, -0.25) is 14.5 Å². The van der Waals surface area contributed by atoms with Crippen molar-refractivity contribution in [3.05, 3.63) is 89.6 Å². The van der Waals surface area contributed by atoms with Crippen molar-refractivity contribution in [2.45, 2.75) is 19.6 Å². The number of hydrogen-bond acceptors (Lipinski definition) is 4. The predicted molar refractivity (Wildman–Crippen MR) is 109 cm³/mol. The van der Waals surface area contributed by atoms with Crippen molar-refractivity contribution in [2.24, 2.45) is 0 Å². The molecule has 1 aliphatic heterocycles. The Morgan fingerprint density at radius 3 is 2.59 bits per heavy atom. The highest BCUT2D eigenvalue weighted by Gasteiger charge is 2.37. The Kier molecular flexibility index (Phi) is 5.24. The number of amides is 2. The zero-order valence-corrected chi connectivity index (χ0v) is 16.0. The third kappa shape index (κ3) is 4.11. The van der Waals surface area contributed by atoms with Gasteiger partial charge in [-0.2, -0.15) is 0 Å². The summed E-state index contributed by atoms with van der Waals surface area (Å²) in [6.07, 6.45) is 0.771. The first-order chi connectivity index (χ1) is 14.1. The van der Waals surface area contributed by atoms with E-state index in [0.29, 0.717) is 18.1 Å². The molecular formula is C23H21N3O3. The average molecular weight is 387 g/mol. The van der Waals surface area contributed by atoms with E-state index in [4.69, 9.17) is 4.74 Å². The normalized spacial score (nSPS) is 15.4. The minimum Gasteiger partial charge on any atom is -0.472 e. The number of ether oxygens (including phenoxy) is 1. The van der Waals surface area contributed by atoms with Crippen molar-refractivity contribution < 1.29 is 14.3 Å². The van der Waals surface area contributed by atoms with Crippen LogP contribution in [0.2, 0.25) is 0 Å². The molecule has 1 aliphatic rings. The van der Waals surface area contributed by atoms with Crippen LogP contribution < -0.4 is 15.0 Å². The maximum atomic E-state index is 13.1. The summed E-state index contributed by atoms with van der Waals surface area (Å²) >= 11 is 0. The van der Waals surface area contributed by atoms with Crippen molar-refractivity contribution in [1.29, 1.82) is 0 Å². The van der Waals surface area contributed by atoms with Crippen LogP contribution in [0.4, 0.5) is 5.82 Å². The topological polar surface area (TPSA) is 71.5 Å². The highest BCUT2D eigenvalue weighted by molar-refractivity contribution is 6.03. The van der Waals surface area contributed by atoms with Gasteiger partial charge in [-0.15, -0.1) is 0 Å². The first kappa shape index (κ1) is 18.7. The smallest absolute Gasteiger partial charge is 0.274 e. The molecule has 0 aliphatic carbocycles. The van der Waals surface area contributed by atoms with E-state index in [-0.39, 0.29) is 18.4 Å². The molecule has 0 spiro atoms. The largest absolute Gasteiger partial charge is 0.472 e. The molecule has 0 radical (unpaired) electrons. The number of nitrogens with one attached hydrogen (secondary N) is 1. The summed E-state index contributed by atoms with van der Waals surface area (Å²) in [7, 11) is 0. The minimum atomic E-state index is -0.808. The third-order valence-electron chi connectivity index (χ3n) is 4.76. The molecule has 6 nitrogen and oxygen atoms in total. The molecule has 4 rings (SSSR count). The highest BCUT2D eigenvalue weighted by atomic mass is 16.5. The van der Waals surface area contributed by atoms with Crippen molar-refractivity contribution in [1.82, 2.24) is 10.3 Å². The zero-order chi connectivity index (χ0) is 20.2. The lowest BCUT2D eigenvalue weighted by molar-refractivity contribution is -0.129. The number of pyridine rings is 1. The monoisotopic (exact) mass is 387 g/mol. The number of anilines is 1. The standard InChI is InChI=1S/C23H21N3O3/c1-16-9-11-17(12-10-16)14-25-20(27)15-26-22-19(8-5-13-24-22)29-21(23(26)28)18-6-3-2-4-7-18/h2-13,21H,14-15H2,1H3,(H,25,27). The second kappa shape index (κ2) is 8.14. The molecule has 3 aromatic rings. The number of benzene rings is 2. The van der Waals surface area contributed by atoms with Crippen molar-refractivity contribution >= 4 is 17.6 Å². The number of aromatic nitrogens is 1. The van der Waals surface area contributed by atoms with Gasteiger partial charge in [0.05, 0.1) is 0 Å². The summed E-state index contributed by atoms with van der Waals surface area (Å²) in [6.45, 7) is 2.29. The van der Waals surface area contributed by atoms with Crippen LogP contribution >= 0.6 is 0 Å². The molecule has 6 heteroatoms. The molecule has 1 N–H and O–H groups in total. The van der Waals surface area contributed by atoms with Crippen molar-refractivity contribution in [2.75, 3.05) is 11.4 Å². The van der Waals surface area contributed by atoms with Crippen molar-refractivity contribution in [3.63, 3.8) is 0 Å². The molecule has 146 valence electrons. The van der Waals surface area contributed by atoms with Gasteiger partial charge in [0.2, 0.25) is 12.0 Å². The highest BCUT2D eigenvalue weighted by Crippen LogP contribution is 2.36. The number of rotatable bonds is 5. The van der Waals surface area contributed by atoms with Gasteiger partial charge in [-0.05, 0) is 24.6 Å². The fourth-order valence-electron chi connectivity index (χ4n) is 3.20. The van der Waals surface area contributed by atoms with E-state index in [1.165, 1.54) is 4.90 Å². The molecule has 1 unspecified atom stereocenters. The second-order valence-electron chi connectivity index (χ2n) is 6.92. The van der Waals surface area contributed by atoms with Crippen LogP contribution in [0.1, 0.15) is 22.8 Å². The first-order valence-corrected chi connectivity index (χ1v) is 9.42. The van der Waals surface area contributed by atoms with E-state index in [1.807, 2.05) is 61.5 Å². The minimum absolute atomic E-state index is 0.124. The Morgan fingerprint density at radius 1 is 1.07 bits per heavy atom. The van der Waals surface area contributed by atoms with E-state index < -0.39 is 6.10 Å². The lowest BCUT2D eigenvalue weighted by Gasteiger charge is -2.33. The van der Waals surface area contributed by atoms with Crippen LogP contribution in [0, 0.1) is 6.92 Å². The van der Waals surface area contributed by atoms with E-state index in [9.17, 15) is 9.59 Å². The van der Waals surface area contributed by atoms with Crippen LogP contribution in [-0.2, 0) is 16.1 Å². The van der Waals surface area contributed by atoms with Gasteiger partial charge < -0.3 is 10.1 Å². The van der Waals surface area contributed by atoms with E-state index >= 15 is 0 Å². The molecule has 1 aromatic heterocycles. The van der Waals surface area contributed by atoms with Gasteiger partial charge in [0.15, 0.2) is 11.6 Å². The summed E-state index contributed by atoms with van der Waals surface area (Å²) in [4.78, 5) is 31.3. The SMILES string of the molecule is Cc1ccc(CNC(=O)CN2C(=O)C(c3ccccc3)Oc3cccnc32)cc1. The van der Waals surface area contributed by atoms with Crippen LogP contribution in [0.5, 0.6) is 5.75 Å². The summed E-state index contributed by atoms with van der Waals surface area (Å²) in [5.74, 6) is 0.264. The molecule has 0 saturated carbocycles. The lowest BCUT2D eigenvalue weighted by Crippen LogP contribution is -2.46. The Bertz CT molecular complexity index is 1020. The molecule has 2 heterocycles. The summed E-state index contributed by atoms with van der Waals surface area (Å²) in [5.41, 5.74) is 2.89. The van der Waals surface area contributed by atoms with Gasteiger partial charge in [0.1, 0.15) is 6.54 Å². The molecule has 1 atom stereocenters. The second-order valence-corrected chi connectivity index (χ2v) is 6.92. The molecule has 29 heavy (non-hydrogen) atoms. The summed E-state index contributed by atoms with van der Waals surface area (Å²) in [5, 5.41) is 2.87. The quantitative estimate of drug-likeness (QED) is 0.730. The Morgan fingerprint density at radius 2 is 1.83 bits per heavy atom. The molecule has 2 amide bonds. The molecule has 0 saturated heterocycles. The van der Waals surface area contributed by atoms with Crippen LogP contribution in [-0.4, -0.2) is 23.3 Å². The van der Waals surface area contributed by atoms with Crippen LogP contribution in [0.25, 0.3) is 0 Å². The van der Waals surface area contributed by atoms with E-state index in [0.717, 1.165) is 16.7 Å². The predicted octanol–water partition coefficient (Wildman–Crippen LogP) is 3.17. The number of hydrogen-bond donors (Lipinski definition) is 1. The Hall–Kier alpha value is -3.67. The first-order valence-electron chi connectivity index (χ1n) is 9.42. The fourth-order valence-corrected chi connectivity index (χ4v) is 3.20. The number of carbonyl (C=O) groups excluding carboxylic acids is 2. The third-order valence-corrected chi connectivity index (χ3v) is 4.76. The fraction of sp³-hybridized carbons (Fsp3) is 0.174. The molecule has 0 bridgehead atoms. The number of aryl methyl sites for hydroxylation is 1. The zero-order valence-electron chi connectivity index (χ0n) is 16.0. The van der Waals surface area contributed by atoms with Crippen LogP contribution in [0.15, 0.2) is 72.9 Å². The number of nitrogens with zero attached hydrogens (tertiary/aromatic N) is 2. The van der Waals surface area contributed by atoms with Gasteiger partial charge in [-0.1, -0.05) is 60.2 Å². The molecule has 2 aromatic carbocycles. The van der Waals surface area contributed by atoms with Gasteiger partial charge in [0, 0.05) is 18.3 Å². The van der Waals surface area contributed by atoms with Gasteiger partial charge in [-0.25, -0.2) is 4.98 Å². The summed E-state index contributed by atoms with van der Waals surface area (Å²) < 4.78 is 5.90. The number of fused-ring (bicyclic) bond motifs is 1. The van der Waals surface area contributed by atoms with Gasteiger partial charge in [0.25, 0.3) is 5.91 Å². The molecular weight excluding hydrogens is 366 g/mol. The van der Waals surface area contributed by atoms with Crippen LogP contribution in [0.3, 0.4) is 0 Å². The Balaban J connectivity index is 1.52.